The lowest BCUT2D eigenvalue weighted by Gasteiger charge is -2.12. The van der Waals surface area contributed by atoms with Crippen LogP contribution in [0.15, 0.2) is 33.2 Å². The van der Waals surface area contributed by atoms with Gasteiger partial charge in [-0.15, -0.1) is 0 Å². The number of carbonyl (C=O) groups is 1. The number of carboxylic acid groups (broad SMARTS) is 1. The predicted molar refractivity (Wildman–Crippen MR) is 71.2 cm³/mol. The molecule has 1 rings (SSSR count). The van der Waals surface area contributed by atoms with Gasteiger partial charge < -0.3 is 9.84 Å². The Morgan fingerprint density at radius 2 is 2.12 bits per heavy atom. The van der Waals surface area contributed by atoms with E-state index < -0.39 is 11.5 Å². The molecule has 1 aromatic carbocycles. The standard InChI is InChI=1S/C10H6BrCl3O3/c11-6-1-5(10(15)16)2-7(3-6)17-9(14)8(13)4-12/h1-4,9H,(H,15,16). The molecule has 0 aliphatic heterocycles. The molecule has 0 aliphatic rings. The molecule has 0 aromatic heterocycles. The van der Waals surface area contributed by atoms with Gasteiger partial charge in [-0.25, -0.2) is 4.79 Å². The van der Waals surface area contributed by atoms with Crippen LogP contribution in [-0.4, -0.2) is 16.6 Å². The summed E-state index contributed by atoms with van der Waals surface area (Å²) in [7, 11) is 0. The number of halogens is 4. The Labute approximate surface area is 121 Å². The summed E-state index contributed by atoms with van der Waals surface area (Å²) in [6, 6.07) is 4.35. The number of aromatic carboxylic acids is 1. The van der Waals surface area contributed by atoms with Gasteiger partial charge in [-0.05, 0) is 18.2 Å². The van der Waals surface area contributed by atoms with Crippen molar-refractivity contribution in [3.05, 3.63) is 38.8 Å². The lowest BCUT2D eigenvalue weighted by atomic mass is 10.2. The smallest absolute Gasteiger partial charge is 0.335 e. The van der Waals surface area contributed by atoms with Crippen molar-refractivity contribution in [1.82, 2.24) is 0 Å². The Bertz CT molecular complexity index is 462. The van der Waals surface area contributed by atoms with Gasteiger partial charge in [-0.2, -0.15) is 0 Å². The number of ether oxygens (including phenoxy) is 1. The maximum absolute atomic E-state index is 10.8. The molecule has 0 saturated carbocycles. The van der Waals surface area contributed by atoms with E-state index in [0.29, 0.717) is 4.47 Å². The molecule has 1 unspecified atom stereocenters. The average molecular weight is 360 g/mol. The molecular weight excluding hydrogens is 354 g/mol. The second-order valence-corrected chi connectivity index (χ2v) is 4.88. The van der Waals surface area contributed by atoms with E-state index in [4.69, 9.17) is 44.6 Å². The van der Waals surface area contributed by atoms with Crippen molar-refractivity contribution >= 4 is 56.7 Å². The highest BCUT2D eigenvalue weighted by Crippen LogP contribution is 2.26. The van der Waals surface area contributed by atoms with Crippen LogP contribution in [0.25, 0.3) is 0 Å². The molecular formula is C10H6BrCl3O3. The summed E-state index contributed by atoms with van der Waals surface area (Å²) in [5, 5.41) is 8.96. The summed E-state index contributed by atoms with van der Waals surface area (Å²) in [5.74, 6) is -0.797. The van der Waals surface area contributed by atoms with Crippen LogP contribution in [0.2, 0.25) is 0 Å². The number of rotatable bonds is 4. The first-order chi connectivity index (χ1) is 7.93. The Morgan fingerprint density at radius 3 is 2.65 bits per heavy atom. The zero-order valence-electron chi connectivity index (χ0n) is 8.16. The van der Waals surface area contributed by atoms with Gasteiger partial charge in [0.1, 0.15) is 5.75 Å². The summed E-state index contributed by atoms with van der Waals surface area (Å²) in [6.45, 7) is 0. The molecule has 92 valence electrons. The highest BCUT2D eigenvalue weighted by molar-refractivity contribution is 9.10. The monoisotopic (exact) mass is 358 g/mol. The average Bonchev–Trinajstić information content (AvgIpc) is 2.26. The van der Waals surface area contributed by atoms with E-state index in [1.165, 1.54) is 12.1 Å². The highest BCUT2D eigenvalue weighted by atomic mass is 79.9. The maximum atomic E-state index is 10.8. The molecule has 1 N–H and O–H groups in total. The number of carboxylic acids is 1. The topological polar surface area (TPSA) is 46.5 Å². The van der Waals surface area contributed by atoms with Crippen LogP contribution in [0.4, 0.5) is 0 Å². The van der Waals surface area contributed by atoms with Crippen LogP contribution >= 0.6 is 50.7 Å². The van der Waals surface area contributed by atoms with Crippen molar-refractivity contribution in [2.45, 2.75) is 5.56 Å². The van der Waals surface area contributed by atoms with Crippen molar-refractivity contribution < 1.29 is 14.6 Å². The third-order valence-corrected chi connectivity index (χ3v) is 3.23. The first-order valence-corrected chi connectivity index (χ1v) is 6.29. The van der Waals surface area contributed by atoms with Crippen LogP contribution in [0, 0.1) is 0 Å². The third kappa shape index (κ3) is 4.39. The normalized spacial score (nSPS) is 13.3. The molecule has 0 fully saturated rings. The highest BCUT2D eigenvalue weighted by Gasteiger charge is 2.13. The molecule has 0 aliphatic carbocycles. The molecule has 0 saturated heterocycles. The summed E-state index contributed by atoms with van der Waals surface area (Å²) in [5.41, 5.74) is 0.185. The molecule has 0 heterocycles. The quantitative estimate of drug-likeness (QED) is 0.809. The Hall–Kier alpha value is -0.420. The van der Waals surface area contributed by atoms with E-state index >= 15 is 0 Å². The minimum atomic E-state index is -1.07. The molecule has 17 heavy (non-hydrogen) atoms. The van der Waals surface area contributed by atoms with Gasteiger partial charge in [0.2, 0.25) is 5.56 Å². The summed E-state index contributed by atoms with van der Waals surface area (Å²) >= 11 is 20.0. The molecule has 0 bridgehead atoms. The second-order valence-electron chi connectivity index (χ2n) is 2.91. The van der Waals surface area contributed by atoms with Crippen molar-refractivity contribution in [1.29, 1.82) is 0 Å². The van der Waals surface area contributed by atoms with E-state index in [-0.39, 0.29) is 16.3 Å². The molecule has 7 heteroatoms. The van der Waals surface area contributed by atoms with Crippen LogP contribution in [0.3, 0.4) is 0 Å². The predicted octanol–water partition coefficient (Wildman–Crippen LogP) is 4.41. The minimum Gasteiger partial charge on any atom is -0.478 e. The van der Waals surface area contributed by atoms with E-state index in [1.807, 2.05) is 0 Å². The van der Waals surface area contributed by atoms with Crippen LogP contribution < -0.4 is 4.74 Å². The fraction of sp³-hybridized carbons (Fsp3) is 0.100. The lowest BCUT2D eigenvalue weighted by molar-refractivity contribution is 0.0696. The molecule has 0 spiro atoms. The molecule has 1 atom stereocenters. The van der Waals surface area contributed by atoms with Gasteiger partial charge in [0.25, 0.3) is 0 Å². The number of benzene rings is 1. The van der Waals surface area contributed by atoms with Gasteiger partial charge in [0.15, 0.2) is 0 Å². The summed E-state index contributed by atoms with van der Waals surface area (Å²) in [4.78, 5) is 10.8. The molecule has 0 amide bonds. The zero-order chi connectivity index (χ0) is 13.0. The zero-order valence-corrected chi connectivity index (χ0v) is 12.0. The number of hydrogen-bond acceptors (Lipinski definition) is 2. The fourth-order valence-electron chi connectivity index (χ4n) is 0.980. The first-order valence-electron chi connectivity index (χ1n) is 4.24. The van der Waals surface area contributed by atoms with Crippen molar-refractivity contribution in [3.63, 3.8) is 0 Å². The Morgan fingerprint density at radius 1 is 1.47 bits per heavy atom. The van der Waals surface area contributed by atoms with Crippen LogP contribution in [0.5, 0.6) is 5.75 Å². The summed E-state index contributed by atoms with van der Waals surface area (Å²) < 4.78 is 5.78. The van der Waals surface area contributed by atoms with Gasteiger partial charge in [0, 0.05) is 10.0 Å². The number of alkyl halides is 1. The number of hydrogen-bond donors (Lipinski definition) is 1. The maximum Gasteiger partial charge on any atom is 0.335 e. The van der Waals surface area contributed by atoms with Gasteiger partial charge in [-0.1, -0.05) is 50.7 Å². The van der Waals surface area contributed by atoms with Gasteiger partial charge in [0.05, 0.1) is 10.6 Å². The van der Waals surface area contributed by atoms with E-state index in [0.717, 1.165) is 5.54 Å². The third-order valence-electron chi connectivity index (χ3n) is 1.68. The van der Waals surface area contributed by atoms with Crippen molar-refractivity contribution in [3.8, 4) is 5.75 Å². The first kappa shape index (κ1) is 14.6. The minimum absolute atomic E-state index is 0.0733. The van der Waals surface area contributed by atoms with Gasteiger partial charge >= 0.3 is 5.97 Å². The lowest BCUT2D eigenvalue weighted by Crippen LogP contribution is -2.09. The molecule has 1 aromatic rings. The molecule has 3 nitrogen and oxygen atoms in total. The van der Waals surface area contributed by atoms with Crippen LogP contribution in [-0.2, 0) is 0 Å². The van der Waals surface area contributed by atoms with E-state index in [1.54, 1.807) is 6.07 Å². The largest absolute Gasteiger partial charge is 0.478 e. The van der Waals surface area contributed by atoms with E-state index in [9.17, 15) is 4.79 Å². The molecule has 0 radical (unpaired) electrons. The van der Waals surface area contributed by atoms with Gasteiger partial charge in [-0.3, -0.25) is 0 Å². The van der Waals surface area contributed by atoms with E-state index in [2.05, 4.69) is 15.9 Å². The van der Waals surface area contributed by atoms with Crippen molar-refractivity contribution in [2.24, 2.45) is 0 Å². The SMILES string of the molecule is O=C(O)c1cc(Br)cc(OC(Cl)C(Cl)=CCl)c1. The Balaban J connectivity index is 2.95. The summed E-state index contributed by atoms with van der Waals surface area (Å²) in [6.07, 6.45) is 0. The van der Waals surface area contributed by atoms with Crippen molar-refractivity contribution in [2.75, 3.05) is 0 Å². The van der Waals surface area contributed by atoms with Crippen LogP contribution in [0.1, 0.15) is 10.4 Å². The Kier molecular flexibility index (Phi) is 5.59. The fourth-order valence-corrected chi connectivity index (χ4v) is 1.84. The second kappa shape index (κ2) is 6.50.